The van der Waals surface area contributed by atoms with Crippen molar-refractivity contribution < 1.29 is 19.1 Å². The number of ether oxygens (including phenoxy) is 2. The third-order valence-electron chi connectivity index (χ3n) is 4.34. The molecule has 8 heteroatoms. The number of benzene rings is 1. The number of rotatable bonds is 3. The zero-order chi connectivity index (χ0) is 16.9. The lowest BCUT2D eigenvalue weighted by atomic mass is 10.0. The fourth-order valence-electron chi connectivity index (χ4n) is 2.89. The first-order chi connectivity index (χ1) is 11.7. The summed E-state index contributed by atoms with van der Waals surface area (Å²) in [6.07, 6.45) is -0.503. The van der Waals surface area contributed by atoms with E-state index in [2.05, 4.69) is 10.6 Å². The maximum absolute atomic E-state index is 12.7. The van der Waals surface area contributed by atoms with Crippen LogP contribution in [-0.4, -0.2) is 68.8 Å². The van der Waals surface area contributed by atoms with Crippen LogP contribution >= 0.6 is 12.4 Å². The smallest absolute Gasteiger partial charge is 0.254 e. The molecule has 2 amide bonds. The third kappa shape index (κ3) is 4.70. The molecule has 1 aromatic carbocycles. The summed E-state index contributed by atoms with van der Waals surface area (Å²) >= 11 is 0. The molecule has 25 heavy (non-hydrogen) atoms. The van der Waals surface area contributed by atoms with Gasteiger partial charge in [-0.3, -0.25) is 9.59 Å². The lowest BCUT2D eigenvalue weighted by Crippen LogP contribution is -2.45. The Morgan fingerprint density at radius 1 is 1.24 bits per heavy atom. The van der Waals surface area contributed by atoms with Crippen molar-refractivity contribution in [2.24, 2.45) is 0 Å². The first kappa shape index (κ1) is 19.7. The summed E-state index contributed by atoms with van der Waals surface area (Å²) in [4.78, 5) is 26.8. The molecule has 2 aliphatic heterocycles. The van der Waals surface area contributed by atoms with Gasteiger partial charge in [0.05, 0.1) is 19.8 Å². The Kier molecular flexibility index (Phi) is 7.19. The van der Waals surface area contributed by atoms with Gasteiger partial charge in [0.15, 0.2) is 0 Å². The van der Waals surface area contributed by atoms with Crippen molar-refractivity contribution in [1.29, 1.82) is 0 Å². The standard InChI is InChI=1S/C17H23N3O4.ClH/c1-12-13(17(22)20-6-9-23-10-7-20)3-2-4-14(12)19-16(21)15-11-18-5-8-24-15;/h2-4,15,18H,5-11H2,1H3,(H,19,21);1H. The molecular weight excluding hydrogens is 346 g/mol. The normalized spacial score (nSPS) is 20.5. The molecule has 138 valence electrons. The van der Waals surface area contributed by atoms with Crippen LogP contribution in [0.15, 0.2) is 18.2 Å². The summed E-state index contributed by atoms with van der Waals surface area (Å²) in [6, 6.07) is 5.39. The SMILES string of the molecule is Cc1c(NC(=O)C2CNCCO2)cccc1C(=O)N1CCOCC1.Cl. The van der Waals surface area contributed by atoms with Gasteiger partial charge in [-0.25, -0.2) is 0 Å². The zero-order valence-electron chi connectivity index (χ0n) is 14.2. The summed E-state index contributed by atoms with van der Waals surface area (Å²) < 4.78 is 10.7. The highest BCUT2D eigenvalue weighted by molar-refractivity contribution is 6.00. The van der Waals surface area contributed by atoms with Crippen LogP contribution < -0.4 is 10.6 Å². The monoisotopic (exact) mass is 369 g/mol. The molecule has 2 fully saturated rings. The van der Waals surface area contributed by atoms with Gasteiger partial charge in [0, 0.05) is 37.4 Å². The fraction of sp³-hybridized carbons (Fsp3) is 0.529. The highest BCUT2D eigenvalue weighted by Gasteiger charge is 2.24. The molecule has 3 rings (SSSR count). The largest absolute Gasteiger partial charge is 0.378 e. The van der Waals surface area contributed by atoms with Crippen LogP contribution in [0.3, 0.4) is 0 Å². The van der Waals surface area contributed by atoms with E-state index < -0.39 is 6.10 Å². The Morgan fingerprint density at radius 2 is 2.00 bits per heavy atom. The second-order valence-corrected chi connectivity index (χ2v) is 5.94. The molecule has 0 aromatic heterocycles. The topological polar surface area (TPSA) is 79.9 Å². The number of amides is 2. The third-order valence-corrected chi connectivity index (χ3v) is 4.34. The highest BCUT2D eigenvalue weighted by Crippen LogP contribution is 2.21. The Bertz CT molecular complexity index is 614. The molecule has 2 heterocycles. The highest BCUT2D eigenvalue weighted by atomic mass is 35.5. The van der Waals surface area contributed by atoms with E-state index in [4.69, 9.17) is 9.47 Å². The number of halogens is 1. The molecule has 1 atom stereocenters. The first-order valence-corrected chi connectivity index (χ1v) is 8.26. The van der Waals surface area contributed by atoms with Crippen LogP contribution in [0.2, 0.25) is 0 Å². The van der Waals surface area contributed by atoms with E-state index in [1.165, 1.54) is 0 Å². The van der Waals surface area contributed by atoms with Crippen molar-refractivity contribution in [1.82, 2.24) is 10.2 Å². The van der Waals surface area contributed by atoms with Gasteiger partial charge in [0.1, 0.15) is 6.10 Å². The van der Waals surface area contributed by atoms with E-state index >= 15 is 0 Å². The predicted molar refractivity (Wildman–Crippen MR) is 96.4 cm³/mol. The van der Waals surface area contributed by atoms with Crippen LogP contribution in [0.4, 0.5) is 5.69 Å². The number of nitrogens with one attached hydrogen (secondary N) is 2. The van der Waals surface area contributed by atoms with E-state index in [1.54, 1.807) is 23.1 Å². The molecule has 1 unspecified atom stereocenters. The van der Waals surface area contributed by atoms with Gasteiger partial charge in [0.2, 0.25) is 0 Å². The number of nitrogens with zero attached hydrogens (tertiary/aromatic N) is 1. The number of morpholine rings is 2. The lowest BCUT2D eigenvalue weighted by molar-refractivity contribution is -0.128. The van der Waals surface area contributed by atoms with Crippen molar-refractivity contribution in [2.75, 3.05) is 51.3 Å². The van der Waals surface area contributed by atoms with Crippen molar-refractivity contribution in [3.63, 3.8) is 0 Å². The summed E-state index contributed by atoms with van der Waals surface area (Å²) in [5, 5.41) is 6.01. The minimum Gasteiger partial charge on any atom is -0.378 e. The van der Waals surface area contributed by atoms with Gasteiger partial charge in [-0.2, -0.15) is 0 Å². The zero-order valence-corrected chi connectivity index (χ0v) is 15.1. The molecule has 0 radical (unpaired) electrons. The van der Waals surface area contributed by atoms with Crippen LogP contribution in [0, 0.1) is 6.92 Å². The van der Waals surface area contributed by atoms with Crippen LogP contribution in [0.5, 0.6) is 0 Å². The number of hydrogen-bond donors (Lipinski definition) is 2. The minimum atomic E-state index is -0.503. The Balaban J connectivity index is 0.00000225. The number of hydrogen-bond acceptors (Lipinski definition) is 5. The minimum absolute atomic E-state index is 0. The van der Waals surface area contributed by atoms with E-state index in [0.29, 0.717) is 50.7 Å². The molecule has 0 aliphatic carbocycles. The Morgan fingerprint density at radius 3 is 2.68 bits per heavy atom. The molecule has 2 N–H and O–H groups in total. The first-order valence-electron chi connectivity index (χ1n) is 8.26. The summed E-state index contributed by atoms with van der Waals surface area (Å²) in [5.74, 6) is -0.219. The van der Waals surface area contributed by atoms with Crippen LogP contribution in [0.1, 0.15) is 15.9 Å². The average molecular weight is 370 g/mol. The summed E-state index contributed by atoms with van der Waals surface area (Å²) in [6.45, 7) is 5.94. The number of carbonyl (C=O) groups is 2. The average Bonchev–Trinajstić information content (AvgIpc) is 2.64. The van der Waals surface area contributed by atoms with Crippen molar-refractivity contribution in [2.45, 2.75) is 13.0 Å². The molecule has 0 spiro atoms. The predicted octanol–water partition coefficient (Wildman–Crippen LogP) is 0.816. The molecule has 2 saturated heterocycles. The van der Waals surface area contributed by atoms with Crippen molar-refractivity contribution in [3.05, 3.63) is 29.3 Å². The molecule has 7 nitrogen and oxygen atoms in total. The Labute approximate surface area is 153 Å². The maximum atomic E-state index is 12.7. The van der Waals surface area contributed by atoms with E-state index in [1.807, 2.05) is 6.92 Å². The van der Waals surface area contributed by atoms with Crippen molar-refractivity contribution >= 4 is 29.9 Å². The summed E-state index contributed by atoms with van der Waals surface area (Å²) in [5.41, 5.74) is 2.02. The maximum Gasteiger partial charge on any atom is 0.254 e. The van der Waals surface area contributed by atoms with Gasteiger partial charge in [-0.05, 0) is 24.6 Å². The fourth-order valence-corrected chi connectivity index (χ4v) is 2.89. The van der Waals surface area contributed by atoms with Gasteiger partial charge in [-0.15, -0.1) is 12.4 Å². The second kappa shape index (κ2) is 9.15. The number of carbonyl (C=O) groups excluding carboxylic acids is 2. The van der Waals surface area contributed by atoms with Gasteiger partial charge in [0.25, 0.3) is 11.8 Å². The number of anilines is 1. The second-order valence-electron chi connectivity index (χ2n) is 5.94. The van der Waals surface area contributed by atoms with Crippen molar-refractivity contribution in [3.8, 4) is 0 Å². The molecule has 2 aliphatic rings. The van der Waals surface area contributed by atoms with Gasteiger partial charge < -0.3 is 25.0 Å². The van der Waals surface area contributed by atoms with Gasteiger partial charge >= 0.3 is 0 Å². The summed E-state index contributed by atoms with van der Waals surface area (Å²) in [7, 11) is 0. The molecular formula is C17H24ClN3O4. The molecule has 0 saturated carbocycles. The van der Waals surface area contributed by atoms with Crippen LogP contribution in [-0.2, 0) is 14.3 Å². The quantitative estimate of drug-likeness (QED) is 0.824. The Hall–Kier alpha value is -1.67. The molecule has 1 aromatic rings. The van der Waals surface area contributed by atoms with E-state index in [9.17, 15) is 9.59 Å². The lowest BCUT2D eigenvalue weighted by Gasteiger charge is -2.28. The van der Waals surface area contributed by atoms with E-state index in [-0.39, 0.29) is 24.2 Å². The van der Waals surface area contributed by atoms with Gasteiger partial charge in [-0.1, -0.05) is 6.07 Å². The van der Waals surface area contributed by atoms with E-state index in [0.717, 1.165) is 12.1 Å². The van der Waals surface area contributed by atoms with Crippen LogP contribution in [0.25, 0.3) is 0 Å². The molecule has 0 bridgehead atoms.